The summed E-state index contributed by atoms with van der Waals surface area (Å²) in [5.74, 6) is -0.129. The van der Waals surface area contributed by atoms with Crippen molar-refractivity contribution in [1.82, 2.24) is 4.90 Å². The zero-order chi connectivity index (χ0) is 13.0. The van der Waals surface area contributed by atoms with Crippen molar-refractivity contribution in [3.63, 3.8) is 0 Å². The third-order valence-electron chi connectivity index (χ3n) is 3.29. The number of nitrogens with zero attached hydrogens (tertiary/aromatic N) is 1. The molecule has 2 unspecified atom stereocenters. The van der Waals surface area contributed by atoms with Gasteiger partial charge < -0.3 is 15.4 Å². The molecule has 106 valence electrons. The zero-order valence-corrected chi connectivity index (χ0v) is 11.9. The molecule has 0 spiro atoms. The number of benzene rings is 1. The van der Waals surface area contributed by atoms with Crippen LogP contribution in [-0.2, 0) is 9.53 Å². The van der Waals surface area contributed by atoms with Crippen molar-refractivity contribution in [3.05, 3.63) is 35.9 Å². The molecule has 2 N–H and O–H groups in total. The van der Waals surface area contributed by atoms with E-state index >= 15 is 0 Å². The van der Waals surface area contributed by atoms with Crippen molar-refractivity contribution in [3.8, 4) is 0 Å². The Morgan fingerprint density at radius 1 is 1.47 bits per heavy atom. The van der Waals surface area contributed by atoms with E-state index in [4.69, 9.17) is 10.5 Å². The van der Waals surface area contributed by atoms with E-state index in [9.17, 15) is 4.79 Å². The van der Waals surface area contributed by atoms with E-state index in [0.29, 0.717) is 26.2 Å². The third kappa shape index (κ3) is 3.93. The monoisotopic (exact) mass is 284 g/mol. The predicted molar refractivity (Wildman–Crippen MR) is 77.5 cm³/mol. The first kappa shape index (κ1) is 16.0. The van der Waals surface area contributed by atoms with Crippen LogP contribution in [0.25, 0.3) is 0 Å². The largest absolute Gasteiger partial charge is 0.375 e. The molecule has 1 aliphatic heterocycles. The van der Waals surface area contributed by atoms with Crippen molar-refractivity contribution < 1.29 is 9.53 Å². The Morgan fingerprint density at radius 2 is 2.16 bits per heavy atom. The molecule has 2 atom stereocenters. The van der Waals surface area contributed by atoms with Crippen LogP contribution in [0.1, 0.15) is 18.4 Å². The quantitative estimate of drug-likeness (QED) is 0.913. The van der Waals surface area contributed by atoms with Crippen molar-refractivity contribution >= 4 is 18.3 Å². The maximum Gasteiger partial charge on any atom is 0.231 e. The predicted octanol–water partition coefficient (Wildman–Crippen LogP) is 1.40. The van der Waals surface area contributed by atoms with E-state index in [1.807, 2.05) is 42.2 Å². The van der Waals surface area contributed by atoms with Crippen LogP contribution < -0.4 is 5.73 Å². The van der Waals surface area contributed by atoms with Gasteiger partial charge in [0.15, 0.2) is 0 Å². The molecule has 1 aliphatic rings. The fourth-order valence-electron chi connectivity index (χ4n) is 2.30. The van der Waals surface area contributed by atoms with Crippen molar-refractivity contribution in [2.24, 2.45) is 5.73 Å². The standard InChI is InChI=1S/C14H20N2O2.ClH/c1-11-10-16(7-8-18-11)14(17)13(9-15)12-5-3-2-4-6-12;/h2-6,11,13H,7-10,15H2,1H3;1H. The average Bonchev–Trinajstić information content (AvgIpc) is 2.41. The minimum Gasteiger partial charge on any atom is -0.375 e. The Kier molecular flexibility index (Phi) is 6.28. The van der Waals surface area contributed by atoms with Gasteiger partial charge in [-0.05, 0) is 12.5 Å². The summed E-state index contributed by atoms with van der Waals surface area (Å²) in [6, 6.07) is 9.73. The van der Waals surface area contributed by atoms with Crippen LogP contribution in [0.4, 0.5) is 0 Å². The molecule has 1 aromatic rings. The number of hydrogen-bond acceptors (Lipinski definition) is 3. The molecule has 1 saturated heterocycles. The molecule has 5 heteroatoms. The van der Waals surface area contributed by atoms with Gasteiger partial charge in [0, 0.05) is 19.6 Å². The Hall–Kier alpha value is -1.10. The van der Waals surface area contributed by atoms with E-state index in [2.05, 4.69) is 0 Å². The van der Waals surface area contributed by atoms with E-state index in [0.717, 1.165) is 5.56 Å². The topological polar surface area (TPSA) is 55.6 Å². The summed E-state index contributed by atoms with van der Waals surface area (Å²) in [6.45, 7) is 4.25. The van der Waals surface area contributed by atoms with E-state index < -0.39 is 0 Å². The van der Waals surface area contributed by atoms with Crippen LogP contribution in [0.5, 0.6) is 0 Å². The summed E-state index contributed by atoms with van der Waals surface area (Å²) in [7, 11) is 0. The molecule has 0 radical (unpaired) electrons. The number of carbonyl (C=O) groups is 1. The van der Waals surface area contributed by atoms with Crippen LogP contribution in [0.3, 0.4) is 0 Å². The molecule has 0 aromatic heterocycles. The molecule has 1 fully saturated rings. The number of carbonyl (C=O) groups excluding carboxylic acids is 1. The van der Waals surface area contributed by atoms with Gasteiger partial charge in [0.05, 0.1) is 18.6 Å². The van der Waals surface area contributed by atoms with Crippen molar-refractivity contribution in [2.45, 2.75) is 18.9 Å². The number of ether oxygens (including phenoxy) is 1. The van der Waals surface area contributed by atoms with Crippen molar-refractivity contribution in [2.75, 3.05) is 26.2 Å². The highest BCUT2D eigenvalue weighted by Crippen LogP contribution is 2.19. The van der Waals surface area contributed by atoms with Gasteiger partial charge in [0.25, 0.3) is 0 Å². The third-order valence-corrected chi connectivity index (χ3v) is 3.29. The minimum absolute atomic E-state index is 0. The maximum absolute atomic E-state index is 12.5. The number of amides is 1. The fraction of sp³-hybridized carbons (Fsp3) is 0.500. The highest BCUT2D eigenvalue weighted by molar-refractivity contribution is 5.85. The molecule has 2 rings (SSSR count). The number of halogens is 1. The van der Waals surface area contributed by atoms with E-state index in [-0.39, 0.29) is 30.3 Å². The Bertz CT molecular complexity index is 400. The lowest BCUT2D eigenvalue weighted by Gasteiger charge is -2.33. The second kappa shape index (κ2) is 7.48. The van der Waals surface area contributed by atoms with E-state index in [1.54, 1.807) is 0 Å². The summed E-state index contributed by atoms with van der Waals surface area (Å²) in [6.07, 6.45) is 0.108. The van der Waals surface area contributed by atoms with Gasteiger partial charge in [0.2, 0.25) is 5.91 Å². The smallest absolute Gasteiger partial charge is 0.231 e. The molecule has 1 aromatic carbocycles. The summed E-state index contributed by atoms with van der Waals surface area (Å²) < 4.78 is 5.45. The SMILES string of the molecule is CC1CN(C(=O)C(CN)c2ccccc2)CCO1.Cl. The number of nitrogens with two attached hydrogens (primary N) is 1. The summed E-state index contributed by atoms with van der Waals surface area (Å²) in [5, 5.41) is 0. The first-order valence-corrected chi connectivity index (χ1v) is 6.37. The van der Waals surface area contributed by atoms with Crippen molar-refractivity contribution in [1.29, 1.82) is 0 Å². The highest BCUT2D eigenvalue weighted by Gasteiger charge is 2.27. The van der Waals surface area contributed by atoms with Crippen LogP contribution in [-0.4, -0.2) is 43.2 Å². The Labute approximate surface area is 120 Å². The molecule has 4 nitrogen and oxygen atoms in total. The molecule has 0 saturated carbocycles. The lowest BCUT2D eigenvalue weighted by molar-refractivity contribution is -0.139. The summed E-state index contributed by atoms with van der Waals surface area (Å²) in [4.78, 5) is 14.3. The van der Waals surface area contributed by atoms with Gasteiger partial charge in [-0.15, -0.1) is 12.4 Å². The van der Waals surface area contributed by atoms with Crippen LogP contribution in [0.2, 0.25) is 0 Å². The minimum atomic E-state index is -0.239. The molecule has 1 amide bonds. The zero-order valence-electron chi connectivity index (χ0n) is 11.1. The number of hydrogen-bond donors (Lipinski definition) is 1. The first-order valence-electron chi connectivity index (χ1n) is 6.37. The van der Waals surface area contributed by atoms with Gasteiger partial charge in [0.1, 0.15) is 0 Å². The highest BCUT2D eigenvalue weighted by atomic mass is 35.5. The fourth-order valence-corrected chi connectivity index (χ4v) is 2.30. The van der Waals surface area contributed by atoms with Crippen LogP contribution in [0, 0.1) is 0 Å². The summed E-state index contributed by atoms with van der Waals surface area (Å²) >= 11 is 0. The molecular weight excluding hydrogens is 264 g/mol. The van der Waals surface area contributed by atoms with E-state index in [1.165, 1.54) is 0 Å². The van der Waals surface area contributed by atoms with Gasteiger partial charge >= 0.3 is 0 Å². The average molecular weight is 285 g/mol. The first-order chi connectivity index (χ1) is 8.72. The molecule has 0 aliphatic carbocycles. The maximum atomic E-state index is 12.5. The van der Waals surface area contributed by atoms with Gasteiger partial charge in [-0.3, -0.25) is 4.79 Å². The molecule has 0 bridgehead atoms. The number of morpholine rings is 1. The Morgan fingerprint density at radius 3 is 2.74 bits per heavy atom. The summed E-state index contributed by atoms with van der Waals surface area (Å²) in [5.41, 5.74) is 6.76. The van der Waals surface area contributed by atoms with Gasteiger partial charge in [-0.2, -0.15) is 0 Å². The second-order valence-electron chi connectivity index (χ2n) is 4.66. The number of rotatable bonds is 3. The normalized spacial score (nSPS) is 20.5. The molecule has 1 heterocycles. The molecular formula is C14H21ClN2O2. The second-order valence-corrected chi connectivity index (χ2v) is 4.66. The van der Waals surface area contributed by atoms with Gasteiger partial charge in [-0.25, -0.2) is 0 Å². The molecule has 19 heavy (non-hydrogen) atoms. The van der Waals surface area contributed by atoms with Crippen LogP contribution in [0.15, 0.2) is 30.3 Å². The lowest BCUT2D eigenvalue weighted by atomic mass is 9.97. The van der Waals surface area contributed by atoms with Crippen LogP contribution >= 0.6 is 12.4 Å². The van der Waals surface area contributed by atoms with Gasteiger partial charge in [-0.1, -0.05) is 30.3 Å². The Balaban J connectivity index is 0.00000180. The lowest BCUT2D eigenvalue weighted by Crippen LogP contribution is -2.47.